The van der Waals surface area contributed by atoms with Crippen molar-refractivity contribution in [3.05, 3.63) is 57.8 Å². The van der Waals surface area contributed by atoms with E-state index in [1.165, 1.54) is 30.4 Å². The lowest BCUT2D eigenvalue weighted by molar-refractivity contribution is -0.132. The number of rotatable bonds is 5. The predicted molar refractivity (Wildman–Crippen MR) is 110 cm³/mol. The quantitative estimate of drug-likeness (QED) is 0.830. The monoisotopic (exact) mass is 390 g/mol. The van der Waals surface area contributed by atoms with E-state index in [2.05, 4.69) is 46.1 Å². The summed E-state index contributed by atoms with van der Waals surface area (Å²) in [6, 6.07) is 10.8. The van der Waals surface area contributed by atoms with Gasteiger partial charge < -0.3 is 10.2 Å². The van der Waals surface area contributed by atoms with Crippen molar-refractivity contribution < 1.29 is 4.79 Å². The van der Waals surface area contributed by atoms with E-state index in [1.54, 1.807) is 11.3 Å². The van der Waals surface area contributed by atoms with E-state index in [-0.39, 0.29) is 18.3 Å². The molecule has 1 aliphatic heterocycles. The summed E-state index contributed by atoms with van der Waals surface area (Å²) in [5.41, 5.74) is 4.00. The molecule has 1 saturated carbocycles. The van der Waals surface area contributed by atoms with E-state index in [4.69, 9.17) is 0 Å². The van der Waals surface area contributed by atoms with E-state index >= 15 is 0 Å². The van der Waals surface area contributed by atoms with Crippen LogP contribution in [0.4, 0.5) is 0 Å². The molecule has 1 aromatic carbocycles. The molecule has 1 unspecified atom stereocenters. The molecular formula is C21H27ClN2OS. The van der Waals surface area contributed by atoms with Crippen LogP contribution in [0.1, 0.15) is 36.0 Å². The molecule has 5 heteroatoms. The number of piperidine rings is 1. The fraction of sp³-hybridized carbons (Fsp3) is 0.476. The standard InChI is InChI=1S/C21H26N2OS.ClH/c1-16-4-2-3-5-18(16)12-20(24)23(14-17-6-11-25-15-17)19-13-21(19)7-9-22-10-8-21;/h2-6,11,15,19,22H,7-10,12-14H2,1H3;1H. The topological polar surface area (TPSA) is 32.3 Å². The highest BCUT2D eigenvalue weighted by Crippen LogP contribution is 2.56. The lowest BCUT2D eigenvalue weighted by Crippen LogP contribution is -2.39. The minimum Gasteiger partial charge on any atom is -0.334 e. The van der Waals surface area contributed by atoms with Gasteiger partial charge in [0.1, 0.15) is 0 Å². The number of carbonyl (C=O) groups is 1. The molecule has 2 aromatic rings. The average molecular weight is 391 g/mol. The number of amides is 1. The predicted octanol–water partition coefficient (Wildman–Crippen LogP) is 4.19. The van der Waals surface area contributed by atoms with Gasteiger partial charge in [0.05, 0.1) is 6.42 Å². The number of aryl methyl sites for hydroxylation is 1. The number of hydrogen-bond acceptors (Lipinski definition) is 3. The third-order valence-electron chi connectivity index (χ3n) is 5.98. The molecule has 1 atom stereocenters. The number of nitrogens with zero attached hydrogens (tertiary/aromatic N) is 1. The second-order valence-electron chi connectivity index (χ2n) is 7.59. The van der Waals surface area contributed by atoms with Crippen LogP contribution < -0.4 is 5.32 Å². The Kier molecular flexibility index (Phi) is 6.06. The highest BCUT2D eigenvalue weighted by atomic mass is 35.5. The number of benzene rings is 1. The average Bonchev–Trinajstić information content (AvgIpc) is 3.06. The molecule has 1 aliphatic carbocycles. The molecule has 0 bridgehead atoms. The Morgan fingerprint density at radius 3 is 2.73 bits per heavy atom. The summed E-state index contributed by atoms with van der Waals surface area (Å²) in [5.74, 6) is 0.279. The Balaban J connectivity index is 0.00000196. The van der Waals surface area contributed by atoms with Gasteiger partial charge in [-0.1, -0.05) is 24.3 Å². The van der Waals surface area contributed by atoms with E-state index in [0.29, 0.717) is 17.9 Å². The van der Waals surface area contributed by atoms with Crippen LogP contribution in [-0.2, 0) is 17.8 Å². The molecule has 0 radical (unpaired) electrons. The van der Waals surface area contributed by atoms with Crippen LogP contribution in [0, 0.1) is 12.3 Å². The Hall–Kier alpha value is -1.36. The lowest BCUT2D eigenvalue weighted by atomic mass is 9.93. The van der Waals surface area contributed by atoms with Gasteiger partial charge in [0.2, 0.25) is 5.91 Å². The first-order valence-electron chi connectivity index (χ1n) is 9.24. The maximum atomic E-state index is 13.2. The van der Waals surface area contributed by atoms with Crippen LogP contribution in [0.2, 0.25) is 0 Å². The summed E-state index contributed by atoms with van der Waals surface area (Å²) < 4.78 is 0. The molecule has 2 fully saturated rings. The molecule has 4 rings (SSSR count). The number of hydrogen-bond donors (Lipinski definition) is 1. The van der Waals surface area contributed by atoms with Crippen molar-refractivity contribution in [1.82, 2.24) is 10.2 Å². The second kappa shape index (κ2) is 8.12. The normalized spacial score (nSPS) is 20.4. The molecule has 1 spiro atoms. The fourth-order valence-electron chi connectivity index (χ4n) is 4.25. The van der Waals surface area contributed by atoms with Crippen LogP contribution in [-0.4, -0.2) is 29.9 Å². The Bertz CT molecular complexity index is 740. The first kappa shape index (κ1) is 19.4. The summed E-state index contributed by atoms with van der Waals surface area (Å²) in [6.45, 7) is 5.04. The van der Waals surface area contributed by atoms with Gasteiger partial charge in [0, 0.05) is 12.6 Å². The summed E-state index contributed by atoms with van der Waals surface area (Å²) >= 11 is 1.71. The minimum atomic E-state index is 0. The zero-order chi connectivity index (χ0) is 17.3. The number of thiophene rings is 1. The summed E-state index contributed by atoms with van der Waals surface area (Å²) in [4.78, 5) is 15.4. The molecule has 140 valence electrons. The van der Waals surface area contributed by atoms with Gasteiger partial charge >= 0.3 is 0 Å². The number of carbonyl (C=O) groups excluding carboxylic acids is 1. The summed E-state index contributed by atoms with van der Waals surface area (Å²) in [6.07, 6.45) is 4.10. The van der Waals surface area contributed by atoms with E-state index in [0.717, 1.165) is 25.2 Å². The largest absolute Gasteiger partial charge is 0.334 e. The molecule has 3 nitrogen and oxygen atoms in total. The third kappa shape index (κ3) is 3.98. The zero-order valence-corrected chi connectivity index (χ0v) is 16.9. The molecule has 1 saturated heterocycles. The Morgan fingerprint density at radius 1 is 1.27 bits per heavy atom. The molecular weight excluding hydrogens is 364 g/mol. The third-order valence-corrected chi connectivity index (χ3v) is 6.71. The first-order chi connectivity index (χ1) is 12.2. The highest BCUT2D eigenvalue weighted by Gasteiger charge is 2.57. The van der Waals surface area contributed by atoms with Crippen LogP contribution in [0.3, 0.4) is 0 Å². The van der Waals surface area contributed by atoms with Crippen molar-refractivity contribution in [3.63, 3.8) is 0 Å². The van der Waals surface area contributed by atoms with Gasteiger partial charge in [0.25, 0.3) is 0 Å². The van der Waals surface area contributed by atoms with Gasteiger partial charge in [-0.05, 0) is 78.2 Å². The number of nitrogens with one attached hydrogen (secondary N) is 1. The molecule has 2 aliphatic rings. The highest BCUT2D eigenvalue weighted by molar-refractivity contribution is 7.07. The van der Waals surface area contributed by atoms with Gasteiger partial charge in [-0.25, -0.2) is 0 Å². The molecule has 2 heterocycles. The van der Waals surface area contributed by atoms with Gasteiger partial charge in [-0.15, -0.1) is 12.4 Å². The van der Waals surface area contributed by atoms with Gasteiger partial charge in [0.15, 0.2) is 0 Å². The van der Waals surface area contributed by atoms with Gasteiger partial charge in [-0.2, -0.15) is 11.3 Å². The van der Waals surface area contributed by atoms with Crippen molar-refractivity contribution in [1.29, 1.82) is 0 Å². The SMILES string of the molecule is Cc1ccccc1CC(=O)N(Cc1ccsc1)C1CC12CCNCC2.Cl. The zero-order valence-electron chi connectivity index (χ0n) is 15.2. The van der Waals surface area contributed by atoms with Crippen LogP contribution >= 0.6 is 23.7 Å². The first-order valence-corrected chi connectivity index (χ1v) is 10.2. The smallest absolute Gasteiger partial charge is 0.227 e. The van der Waals surface area contributed by atoms with E-state index < -0.39 is 0 Å². The summed E-state index contributed by atoms with van der Waals surface area (Å²) in [7, 11) is 0. The van der Waals surface area contributed by atoms with Crippen LogP contribution in [0.5, 0.6) is 0 Å². The van der Waals surface area contributed by atoms with E-state index in [1.807, 2.05) is 12.1 Å². The van der Waals surface area contributed by atoms with Crippen LogP contribution in [0.15, 0.2) is 41.1 Å². The fourth-order valence-corrected chi connectivity index (χ4v) is 4.91. The Morgan fingerprint density at radius 2 is 2.04 bits per heavy atom. The van der Waals surface area contributed by atoms with Crippen molar-refractivity contribution >= 4 is 29.7 Å². The van der Waals surface area contributed by atoms with Crippen molar-refractivity contribution in [2.24, 2.45) is 5.41 Å². The molecule has 1 N–H and O–H groups in total. The van der Waals surface area contributed by atoms with Crippen molar-refractivity contribution in [2.45, 2.75) is 45.2 Å². The molecule has 1 aromatic heterocycles. The van der Waals surface area contributed by atoms with Crippen LogP contribution in [0.25, 0.3) is 0 Å². The maximum absolute atomic E-state index is 13.2. The number of halogens is 1. The molecule has 1 amide bonds. The minimum absolute atomic E-state index is 0. The molecule has 26 heavy (non-hydrogen) atoms. The summed E-state index contributed by atoms with van der Waals surface area (Å²) in [5, 5.41) is 7.74. The maximum Gasteiger partial charge on any atom is 0.227 e. The van der Waals surface area contributed by atoms with Crippen molar-refractivity contribution in [2.75, 3.05) is 13.1 Å². The van der Waals surface area contributed by atoms with E-state index in [9.17, 15) is 4.79 Å². The second-order valence-corrected chi connectivity index (χ2v) is 8.37. The Labute approximate surface area is 166 Å². The van der Waals surface area contributed by atoms with Crippen molar-refractivity contribution in [3.8, 4) is 0 Å². The lowest BCUT2D eigenvalue weighted by Gasteiger charge is -2.30. The van der Waals surface area contributed by atoms with Gasteiger partial charge in [-0.3, -0.25) is 4.79 Å².